The van der Waals surface area contributed by atoms with Crippen molar-refractivity contribution in [2.24, 2.45) is 0 Å². The van der Waals surface area contributed by atoms with E-state index in [1.54, 1.807) is 0 Å². The number of rotatable bonds is 1. The SMILES string of the molecule is [2H]N1C[C@@H](O)[C@@H](O)[C@H]1[C@@H](C)O. The summed E-state index contributed by atoms with van der Waals surface area (Å²) < 4.78 is 7.23. The van der Waals surface area contributed by atoms with E-state index in [0.29, 0.717) is 0 Å². The maximum Gasteiger partial charge on any atom is 0.123 e. The van der Waals surface area contributed by atoms with Gasteiger partial charge in [-0.3, -0.25) is 0 Å². The summed E-state index contributed by atoms with van der Waals surface area (Å²) in [5.41, 5.74) is 0. The molecular formula is C6H13NO3. The fourth-order valence-corrected chi connectivity index (χ4v) is 1.11. The Labute approximate surface area is 61.0 Å². The fraction of sp³-hybridized carbons (Fsp3) is 1.00. The molecule has 4 heteroatoms. The quantitative estimate of drug-likeness (QED) is 0.349. The summed E-state index contributed by atoms with van der Waals surface area (Å²) in [6, 6.07) is -0.662. The average molecular weight is 148 g/mol. The Morgan fingerprint density at radius 2 is 2.30 bits per heavy atom. The van der Waals surface area contributed by atoms with Crippen LogP contribution < -0.4 is 5.31 Å². The number of β-amino-alcohol motifs (C(OH)–C–C–N with tert-alkyl or cyclic N) is 1. The van der Waals surface area contributed by atoms with Crippen LogP contribution in [0.1, 0.15) is 6.92 Å². The molecule has 1 rings (SSSR count). The highest BCUT2D eigenvalue weighted by molar-refractivity contribution is 4.92. The lowest BCUT2D eigenvalue weighted by Gasteiger charge is -2.18. The summed E-state index contributed by atoms with van der Waals surface area (Å²) in [7, 11) is 0. The number of hydrogen-bond acceptors (Lipinski definition) is 4. The standard InChI is InChI=1S/C6H13NO3/c1-3(8)5-6(10)4(9)2-7-5/h3-10H,2H2,1H3/t3-,4-,5-,6-/m1/s1/i/hD. The third kappa shape index (κ3) is 1.29. The van der Waals surface area contributed by atoms with Crippen molar-refractivity contribution in [1.82, 2.24) is 5.31 Å². The maximum absolute atomic E-state index is 9.23. The second kappa shape index (κ2) is 2.84. The number of aliphatic hydroxyl groups is 3. The van der Waals surface area contributed by atoms with Crippen LogP contribution in [-0.2, 0) is 0 Å². The highest BCUT2D eigenvalue weighted by Gasteiger charge is 2.35. The van der Waals surface area contributed by atoms with E-state index < -0.39 is 24.4 Å². The van der Waals surface area contributed by atoms with Crippen molar-refractivity contribution in [3.63, 3.8) is 0 Å². The van der Waals surface area contributed by atoms with Crippen molar-refractivity contribution in [2.45, 2.75) is 31.3 Å². The lowest BCUT2D eigenvalue weighted by molar-refractivity contribution is 0.0114. The largest absolute Gasteiger partial charge is 0.392 e. The molecule has 60 valence electrons. The highest BCUT2D eigenvalue weighted by atomic mass is 16.3. The smallest absolute Gasteiger partial charge is 0.123 e. The van der Waals surface area contributed by atoms with Crippen molar-refractivity contribution in [3.8, 4) is 0 Å². The van der Waals surface area contributed by atoms with Crippen LogP contribution in [0.2, 0.25) is 1.41 Å². The Balaban J connectivity index is 2.63. The third-order valence-corrected chi connectivity index (χ3v) is 1.74. The molecule has 0 aromatic carbocycles. The Morgan fingerprint density at radius 1 is 1.70 bits per heavy atom. The fourth-order valence-electron chi connectivity index (χ4n) is 1.11. The summed E-state index contributed by atoms with van der Waals surface area (Å²) >= 11 is 0. The second-order valence-corrected chi connectivity index (χ2v) is 2.65. The first-order valence-corrected chi connectivity index (χ1v) is 3.33. The molecule has 1 fully saturated rings. The van der Waals surface area contributed by atoms with Crippen molar-refractivity contribution >= 4 is 0 Å². The van der Waals surface area contributed by atoms with E-state index >= 15 is 0 Å². The van der Waals surface area contributed by atoms with Crippen LogP contribution in [-0.4, -0.2) is 46.2 Å². The molecule has 4 nitrogen and oxygen atoms in total. The zero-order chi connectivity index (χ0) is 8.59. The summed E-state index contributed by atoms with van der Waals surface area (Å²) in [5.74, 6) is 0. The lowest BCUT2D eigenvalue weighted by Crippen LogP contribution is -2.41. The molecule has 0 amide bonds. The number of aliphatic hydroxyl groups excluding tert-OH is 3. The predicted molar refractivity (Wildman–Crippen MR) is 35.5 cm³/mol. The molecule has 0 saturated carbocycles. The van der Waals surface area contributed by atoms with Crippen LogP contribution in [0, 0.1) is 0 Å². The van der Waals surface area contributed by atoms with Crippen LogP contribution in [0.25, 0.3) is 0 Å². The van der Waals surface area contributed by atoms with E-state index in [4.69, 9.17) is 11.6 Å². The molecule has 1 saturated heterocycles. The van der Waals surface area contributed by atoms with Gasteiger partial charge >= 0.3 is 0 Å². The summed E-state index contributed by atoms with van der Waals surface area (Å²) in [4.78, 5) is 0. The first-order valence-electron chi connectivity index (χ1n) is 3.78. The molecule has 0 radical (unpaired) electrons. The maximum atomic E-state index is 9.23. The van der Waals surface area contributed by atoms with Gasteiger partial charge in [-0.1, -0.05) is 0 Å². The van der Waals surface area contributed by atoms with Gasteiger partial charge in [-0.25, -0.2) is 0 Å². The minimum absolute atomic E-state index is 0.0940. The van der Waals surface area contributed by atoms with Gasteiger partial charge in [0.1, 0.15) is 1.41 Å². The first kappa shape index (κ1) is 6.54. The summed E-state index contributed by atoms with van der Waals surface area (Å²) in [5, 5.41) is 28.4. The van der Waals surface area contributed by atoms with Gasteiger partial charge in [-0.2, -0.15) is 0 Å². The Morgan fingerprint density at radius 3 is 2.50 bits per heavy atom. The van der Waals surface area contributed by atoms with E-state index in [9.17, 15) is 5.11 Å². The Kier molecular flexibility index (Phi) is 1.86. The monoisotopic (exact) mass is 148 g/mol. The van der Waals surface area contributed by atoms with E-state index in [2.05, 4.69) is 0 Å². The van der Waals surface area contributed by atoms with Crippen LogP contribution in [0.5, 0.6) is 0 Å². The number of hydrogen-bond donors (Lipinski definition) is 4. The molecule has 10 heavy (non-hydrogen) atoms. The Hall–Kier alpha value is -0.160. The molecule has 0 aliphatic carbocycles. The first-order chi connectivity index (χ1) is 5.04. The molecule has 0 unspecified atom stereocenters. The molecule has 0 aromatic rings. The van der Waals surface area contributed by atoms with Gasteiger partial charge in [0.25, 0.3) is 0 Å². The van der Waals surface area contributed by atoms with E-state index in [-0.39, 0.29) is 6.54 Å². The zero-order valence-corrected chi connectivity index (χ0v) is 5.81. The lowest BCUT2D eigenvalue weighted by atomic mass is 10.1. The zero-order valence-electron chi connectivity index (χ0n) is 6.81. The van der Waals surface area contributed by atoms with Crippen molar-refractivity contribution in [1.29, 1.82) is 0 Å². The van der Waals surface area contributed by atoms with Gasteiger partial charge in [0, 0.05) is 6.54 Å². The van der Waals surface area contributed by atoms with E-state index in [0.717, 1.165) is 5.31 Å². The van der Waals surface area contributed by atoms with E-state index in [1.807, 2.05) is 0 Å². The minimum atomic E-state index is -1.01. The molecule has 4 atom stereocenters. The van der Waals surface area contributed by atoms with Gasteiger partial charge in [0.05, 0.1) is 24.4 Å². The highest BCUT2D eigenvalue weighted by Crippen LogP contribution is 2.10. The van der Waals surface area contributed by atoms with Crippen LogP contribution >= 0.6 is 0 Å². The van der Waals surface area contributed by atoms with Gasteiger partial charge in [0.15, 0.2) is 0 Å². The predicted octanol–water partition coefficient (Wildman–Crippen LogP) is -1.94. The van der Waals surface area contributed by atoms with Crippen LogP contribution in [0.4, 0.5) is 0 Å². The summed E-state index contributed by atoms with van der Waals surface area (Å²) in [6.07, 6.45) is -2.71. The summed E-state index contributed by atoms with van der Waals surface area (Å²) in [6.45, 7) is 1.59. The number of nitrogens with one attached hydrogen (secondary N) is 1. The van der Waals surface area contributed by atoms with Gasteiger partial charge in [-0.15, -0.1) is 0 Å². The van der Waals surface area contributed by atoms with Crippen LogP contribution in [0.15, 0.2) is 0 Å². The molecular weight excluding hydrogens is 134 g/mol. The molecule has 0 aromatic heterocycles. The Bertz CT molecular complexity index is 144. The molecule has 1 aliphatic heterocycles. The molecule has 0 spiro atoms. The van der Waals surface area contributed by atoms with Crippen molar-refractivity contribution in [2.75, 3.05) is 6.54 Å². The van der Waals surface area contributed by atoms with Crippen LogP contribution in [0.3, 0.4) is 0 Å². The molecule has 1 heterocycles. The second-order valence-electron chi connectivity index (χ2n) is 2.65. The van der Waals surface area contributed by atoms with Crippen molar-refractivity contribution < 1.29 is 16.7 Å². The molecule has 1 aliphatic rings. The van der Waals surface area contributed by atoms with Gasteiger partial charge < -0.3 is 20.6 Å². The van der Waals surface area contributed by atoms with Gasteiger partial charge in [-0.05, 0) is 6.92 Å². The molecule has 4 N–H and O–H groups in total. The third-order valence-electron chi connectivity index (χ3n) is 1.74. The van der Waals surface area contributed by atoms with Crippen molar-refractivity contribution in [3.05, 3.63) is 0 Å². The topological polar surface area (TPSA) is 72.7 Å². The van der Waals surface area contributed by atoms with Gasteiger partial charge in [0.2, 0.25) is 0 Å². The molecule has 0 bridgehead atoms. The average Bonchev–Trinajstić information content (AvgIpc) is 2.07. The normalized spacial score (nSPS) is 47.2. The minimum Gasteiger partial charge on any atom is -0.392 e. The van der Waals surface area contributed by atoms with E-state index in [1.165, 1.54) is 6.92 Å².